The molecule has 2 heterocycles. The van der Waals surface area contributed by atoms with Gasteiger partial charge in [0.2, 0.25) is 5.76 Å². The zero-order valence-corrected chi connectivity index (χ0v) is 15.6. The Hall–Kier alpha value is -2.14. The fraction of sp³-hybridized carbons (Fsp3) is 0.524. The van der Waals surface area contributed by atoms with Crippen LogP contribution in [0, 0.1) is 6.92 Å². The maximum atomic E-state index is 13.1. The molecule has 1 aliphatic carbocycles. The van der Waals surface area contributed by atoms with Gasteiger partial charge in [-0.2, -0.15) is 0 Å². The maximum Gasteiger partial charge on any atom is 0.291 e. The first-order valence-corrected chi connectivity index (χ1v) is 9.66. The van der Waals surface area contributed by atoms with Crippen molar-refractivity contribution >= 4 is 5.91 Å². The summed E-state index contributed by atoms with van der Waals surface area (Å²) in [5.74, 6) is 1.61. The average Bonchev–Trinajstić information content (AvgIpc) is 3.44. The van der Waals surface area contributed by atoms with Gasteiger partial charge in [-0.15, -0.1) is 0 Å². The van der Waals surface area contributed by atoms with E-state index in [0.717, 1.165) is 57.0 Å². The predicted octanol–water partition coefficient (Wildman–Crippen LogP) is 3.60. The quantitative estimate of drug-likeness (QED) is 0.843. The van der Waals surface area contributed by atoms with E-state index in [1.165, 1.54) is 5.56 Å². The normalized spacial score (nSPS) is 21.6. The van der Waals surface area contributed by atoms with Gasteiger partial charge < -0.3 is 9.32 Å². The zero-order valence-electron chi connectivity index (χ0n) is 15.6. The van der Waals surface area contributed by atoms with E-state index < -0.39 is 0 Å². The molecule has 0 bridgehead atoms. The highest BCUT2D eigenvalue weighted by atomic mass is 16.4. The van der Waals surface area contributed by atoms with Gasteiger partial charge in [-0.3, -0.25) is 9.69 Å². The minimum atomic E-state index is -0.00374. The van der Waals surface area contributed by atoms with Crippen molar-refractivity contribution in [1.29, 1.82) is 0 Å². The van der Waals surface area contributed by atoms with E-state index in [0.29, 0.717) is 11.7 Å². The summed E-state index contributed by atoms with van der Waals surface area (Å²) < 4.78 is 5.85. The number of hydrogen-bond acceptors (Lipinski definition) is 4. The molecule has 1 amide bonds. The molecule has 0 N–H and O–H groups in total. The van der Waals surface area contributed by atoms with E-state index in [2.05, 4.69) is 41.1 Å². The van der Waals surface area contributed by atoms with Crippen LogP contribution in [0.1, 0.15) is 59.8 Å². The van der Waals surface area contributed by atoms with Gasteiger partial charge in [0.25, 0.3) is 5.91 Å². The summed E-state index contributed by atoms with van der Waals surface area (Å²) in [5.41, 5.74) is 2.05. The van der Waals surface area contributed by atoms with Crippen LogP contribution in [0.25, 0.3) is 0 Å². The summed E-state index contributed by atoms with van der Waals surface area (Å²) in [6.45, 7) is 7.56. The van der Waals surface area contributed by atoms with Crippen molar-refractivity contribution in [2.75, 3.05) is 19.6 Å². The number of carbonyl (C=O) groups is 1. The first kappa shape index (κ1) is 17.3. The lowest BCUT2D eigenvalue weighted by atomic mass is 10.2. The maximum absolute atomic E-state index is 13.1. The second kappa shape index (κ2) is 7.23. The number of nitrogens with zero attached hydrogens (tertiary/aromatic N) is 3. The molecule has 1 aromatic carbocycles. The molecule has 1 saturated heterocycles. The highest BCUT2D eigenvalue weighted by Gasteiger charge is 2.33. The molecule has 2 aliphatic rings. The van der Waals surface area contributed by atoms with Gasteiger partial charge in [0.1, 0.15) is 0 Å². The SMILES string of the molecule is Cc1nc(C2CC2)oc1C(=O)N1CCN(Cc2ccccc2)CCC1C. The van der Waals surface area contributed by atoms with Gasteiger partial charge in [-0.05, 0) is 38.7 Å². The Morgan fingerprint density at radius 1 is 1.15 bits per heavy atom. The number of amides is 1. The first-order chi connectivity index (χ1) is 12.6. The largest absolute Gasteiger partial charge is 0.435 e. The third-order valence-corrected chi connectivity index (χ3v) is 5.50. The molecule has 1 aromatic heterocycles. The molecule has 0 spiro atoms. The van der Waals surface area contributed by atoms with E-state index >= 15 is 0 Å². The van der Waals surface area contributed by atoms with Crippen LogP contribution in [-0.2, 0) is 6.54 Å². The van der Waals surface area contributed by atoms with Gasteiger partial charge in [-0.25, -0.2) is 4.98 Å². The summed E-state index contributed by atoms with van der Waals surface area (Å²) in [6.07, 6.45) is 3.23. The predicted molar refractivity (Wildman–Crippen MR) is 100 cm³/mol. The fourth-order valence-corrected chi connectivity index (χ4v) is 3.66. The Morgan fingerprint density at radius 2 is 1.92 bits per heavy atom. The third kappa shape index (κ3) is 3.68. The summed E-state index contributed by atoms with van der Waals surface area (Å²) in [5, 5.41) is 0. The third-order valence-electron chi connectivity index (χ3n) is 5.50. The zero-order chi connectivity index (χ0) is 18.1. The molecule has 0 radical (unpaired) electrons. The molecule has 138 valence electrons. The van der Waals surface area contributed by atoms with E-state index in [1.807, 2.05) is 17.9 Å². The molecule has 1 saturated carbocycles. The van der Waals surface area contributed by atoms with Crippen LogP contribution in [-0.4, -0.2) is 46.4 Å². The molecule has 2 fully saturated rings. The Kier molecular flexibility index (Phi) is 4.81. The van der Waals surface area contributed by atoms with Crippen LogP contribution in [0.2, 0.25) is 0 Å². The molecular formula is C21H27N3O2. The fourth-order valence-electron chi connectivity index (χ4n) is 3.66. The van der Waals surface area contributed by atoms with E-state index in [1.54, 1.807) is 0 Å². The molecule has 1 aliphatic heterocycles. The number of rotatable bonds is 4. The smallest absolute Gasteiger partial charge is 0.291 e. The lowest BCUT2D eigenvalue weighted by Crippen LogP contribution is -2.40. The van der Waals surface area contributed by atoms with Crippen LogP contribution in [0.15, 0.2) is 34.7 Å². The minimum absolute atomic E-state index is 0.00374. The first-order valence-electron chi connectivity index (χ1n) is 9.66. The van der Waals surface area contributed by atoms with Gasteiger partial charge in [0.15, 0.2) is 5.89 Å². The number of oxazole rings is 1. The van der Waals surface area contributed by atoms with Crippen LogP contribution in [0.3, 0.4) is 0 Å². The number of benzene rings is 1. The number of aryl methyl sites for hydroxylation is 1. The summed E-state index contributed by atoms with van der Waals surface area (Å²) >= 11 is 0. The van der Waals surface area contributed by atoms with Crippen molar-refractivity contribution in [2.45, 2.75) is 51.6 Å². The number of hydrogen-bond donors (Lipinski definition) is 0. The van der Waals surface area contributed by atoms with E-state index in [9.17, 15) is 4.79 Å². The Bertz CT molecular complexity index is 767. The van der Waals surface area contributed by atoms with Crippen molar-refractivity contribution in [1.82, 2.24) is 14.8 Å². The molecule has 1 atom stereocenters. The summed E-state index contributed by atoms with van der Waals surface area (Å²) in [7, 11) is 0. The molecule has 5 heteroatoms. The minimum Gasteiger partial charge on any atom is -0.435 e. The Morgan fingerprint density at radius 3 is 2.65 bits per heavy atom. The van der Waals surface area contributed by atoms with E-state index in [-0.39, 0.29) is 11.9 Å². The molecule has 1 unspecified atom stereocenters. The van der Waals surface area contributed by atoms with Crippen LogP contribution >= 0.6 is 0 Å². The number of carbonyl (C=O) groups excluding carboxylic acids is 1. The Labute approximate surface area is 155 Å². The van der Waals surface area contributed by atoms with Crippen molar-refractivity contribution in [3.8, 4) is 0 Å². The monoisotopic (exact) mass is 353 g/mol. The Balaban J connectivity index is 1.44. The second-order valence-corrected chi connectivity index (χ2v) is 7.64. The molecule has 5 nitrogen and oxygen atoms in total. The summed E-state index contributed by atoms with van der Waals surface area (Å²) in [4.78, 5) is 22.0. The lowest BCUT2D eigenvalue weighted by Gasteiger charge is -2.26. The van der Waals surface area contributed by atoms with Gasteiger partial charge in [0, 0.05) is 38.1 Å². The molecule has 2 aromatic rings. The van der Waals surface area contributed by atoms with Crippen molar-refractivity contribution in [3.05, 3.63) is 53.2 Å². The number of aromatic nitrogens is 1. The van der Waals surface area contributed by atoms with Gasteiger partial charge >= 0.3 is 0 Å². The molecular weight excluding hydrogens is 326 g/mol. The van der Waals surface area contributed by atoms with Crippen LogP contribution < -0.4 is 0 Å². The van der Waals surface area contributed by atoms with Gasteiger partial charge in [-0.1, -0.05) is 30.3 Å². The van der Waals surface area contributed by atoms with Crippen molar-refractivity contribution < 1.29 is 9.21 Å². The van der Waals surface area contributed by atoms with Crippen LogP contribution in [0.4, 0.5) is 0 Å². The van der Waals surface area contributed by atoms with Crippen molar-refractivity contribution in [3.63, 3.8) is 0 Å². The summed E-state index contributed by atoms with van der Waals surface area (Å²) in [6, 6.07) is 10.7. The highest BCUT2D eigenvalue weighted by Crippen LogP contribution is 2.40. The second-order valence-electron chi connectivity index (χ2n) is 7.64. The topological polar surface area (TPSA) is 49.6 Å². The molecule has 26 heavy (non-hydrogen) atoms. The standard InChI is InChI=1S/C21H27N3O2/c1-15-10-11-23(14-17-6-4-3-5-7-17)12-13-24(15)21(25)19-16(2)22-20(26-19)18-8-9-18/h3-7,15,18H,8-14H2,1-2H3. The highest BCUT2D eigenvalue weighted by molar-refractivity contribution is 5.92. The van der Waals surface area contributed by atoms with Crippen LogP contribution in [0.5, 0.6) is 0 Å². The average molecular weight is 353 g/mol. The molecule has 4 rings (SSSR count). The van der Waals surface area contributed by atoms with Crippen molar-refractivity contribution in [2.24, 2.45) is 0 Å². The lowest BCUT2D eigenvalue weighted by molar-refractivity contribution is 0.0665. The van der Waals surface area contributed by atoms with Gasteiger partial charge in [0.05, 0.1) is 5.69 Å². The van der Waals surface area contributed by atoms with E-state index in [4.69, 9.17) is 4.42 Å².